The number of amides is 2. The molecular weight excluding hydrogens is 356 g/mol. The molecule has 1 aromatic heterocycles. The van der Waals surface area contributed by atoms with Gasteiger partial charge in [-0.25, -0.2) is 0 Å². The third-order valence-electron chi connectivity index (χ3n) is 5.07. The molecule has 0 spiro atoms. The van der Waals surface area contributed by atoms with E-state index in [2.05, 4.69) is 5.32 Å². The molecule has 0 saturated carbocycles. The minimum atomic E-state index is -0.170. The molecule has 1 aliphatic heterocycles. The van der Waals surface area contributed by atoms with Crippen LogP contribution in [0.5, 0.6) is 0 Å². The Bertz CT molecular complexity index is 745. The minimum absolute atomic E-state index is 0.00746. The van der Waals surface area contributed by atoms with Crippen LogP contribution in [0.3, 0.4) is 0 Å². The Morgan fingerprint density at radius 1 is 1.25 bits per heavy atom. The Morgan fingerprint density at radius 3 is 2.82 bits per heavy atom. The molecule has 6 heteroatoms. The fourth-order valence-electron chi connectivity index (χ4n) is 3.44. The van der Waals surface area contributed by atoms with Crippen LogP contribution in [0.1, 0.15) is 48.4 Å². The van der Waals surface area contributed by atoms with Crippen molar-refractivity contribution in [1.29, 1.82) is 0 Å². The molecule has 2 aromatic rings. The van der Waals surface area contributed by atoms with Gasteiger partial charge in [0.25, 0.3) is 5.91 Å². The third-order valence-corrected chi connectivity index (χ3v) is 5.07. The van der Waals surface area contributed by atoms with Gasteiger partial charge in [-0.15, -0.1) is 0 Å². The zero-order valence-corrected chi connectivity index (χ0v) is 16.3. The van der Waals surface area contributed by atoms with Crippen molar-refractivity contribution in [2.24, 2.45) is 5.92 Å². The monoisotopic (exact) mass is 384 g/mol. The average molecular weight is 384 g/mol. The second kappa shape index (κ2) is 10.1. The molecule has 2 heterocycles. The number of benzene rings is 1. The van der Waals surface area contributed by atoms with Gasteiger partial charge in [-0.3, -0.25) is 9.59 Å². The summed E-state index contributed by atoms with van der Waals surface area (Å²) in [4.78, 5) is 26.6. The van der Waals surface area contributed by atoms with E-state index < -0.39 is 0 Å². The van der Waals surface area contributed by atoms with Crippen LogP contribution in [0.25, 0.3) is 0 Å². The number of piperidine rings is 1. The maximum absolute atomic E-state index is 12.5. The second-order valence-corrected chi connectivity index (χ2v) is 7.14. The molecule has 1 aliphatic rings. The van der Waals surface area contributed by atoms with Crippen molar-refractivity contribution >= 4 is 11.8 Å². The standard InChI is InChI=1S/C22H28N2O4/c1-17(18-8-3-2-4-9-18)27-15-7-12-23-21(25)19-10-5-13-24(16-19)22(26)20-11-6-14-28-20/h2-4,6,8-9,11,14,17,19H,5,7,10,12-13,15-16H2,1H3,(H,23,25)/t17-,19+/m1/s1. The summed E-state index contributed by atoms with van der Waals surface area (Å²) in [5.74, 6) is 0.0152. The summed E-state index contributed by atoms with van der Waals surface area (Å²) in [5, 5.41) is 2.98. The van der Waals surface area contributed by atoms with E-state index in [1.807, 2.05) is 37.3 Å². The highest BCUT2D eigenvalue weighted by molar-refractivity contribution is 5.92. The number of rotatable bonds is 8. The highest BCUT2D eigenvalue weighted by atomic mass is 16.5. The Labute approximate surface area is 165 Å². The molecular formula is C22H28N2O4. The first-order valence-electron chi connectivity index (χ1n) is 9.92. The van der Waals surface area contributed by atoms with Crippen molar-refractivity contribution in [3.8, 4) is 0 Å². The Kier molecular flexibility index (Phi) is 7.25. The molecule has 2 atom stereocenters. The number of hydrogen-bond donors (Lipinski definition) is 1. The highest BCUT2D eigenvalue weighted by Gasteiger charge is 2.29. The minimum Gasteiger partial charge on any atom is -0.459 e. The van der Waals surface area contributed by atoms with Crippen LogP contribution >= 0.6 is 0 Å². The molecule has 0 unspecified atom stereocenters. The van der Waals surface area contributed by atoms with E-state index in [1.54, 1.807) is 17.0 Å². The van der Waals surface area contributed by atoms with Crippen LogP contribution in [0.4, 0.5) is 0 Å². The number of nitrogens with zero attached hydrogens (tertiary/aromatic N) is 1. The largest absolute Gasteiger partial charge is 0.459 e. The summed E-state index contributed by atoms with van der Waals surface area (Å²) in [6, 6.07) is 13.4. The van der Waals surface area contributed by atoms with Crippen LogP contribution in [0.2, 0.25) is 0 Å². The highest BCUT2D eigenvalue weighted by Crippen LogP contribution is 2.19. The SMILES string of the molecule is C[C@@H](OCCCNC(=O)[C@H]1CCCN(C(=O)c2ccco2)C1)c1ccccc1. The van der Waals surface area contributed by atoms with Gasteiger partial charge in [0.05, 0.1) is 18.3 Å². The predicted octanol–water partition coefficient (Wildman–Crippen LogP) is 3.42. The first kappa shape index (κ1) is 20.1. The van der Waals surface area contributed by atoms with E-state index in [0.717, 1.165) is 24.8 Å². The smallest absolute Gasteiger partial charge is 0.289 e. The van der Waals surface area contributed by atoms with E-state index >= 15 is 0 Å². The fourth-order valence-corrected chi connectivity index (χ4v) is 3.44. The maximum Gasteiger partial charge on any atom is 0.289 e. The molecule has 1 aromatic carbocycles. The molecule has 6 nitrogen and oxygen atoms in total. The van der Waals surface area contributed by atoms with Gasteiger partial charge >= 0.3 is 0 Å². The molecule has 150 valence electrons. The van der Waals surface area contributed by atoms with Crippen LogP contribution in [-0.2, 0) is 9.53 Å². The zero-order chi connectivity index (χ0) is 19.8. The third kappa shape index (κ3) is 5.45. The molecule has 1 saturated heterocycles. The zero-order valence-electron chi connectivity index (χ0n) is 16.3. The van der Waals surface area contributed by atoms with Gasteiger partial charge in [0, 0.05) is 26.2 Å². The summed E-state index contributed by atoms with van der Waals surface area (Å²) in [6.45, 7) is 4.29. The Balaban J connectivity index is 1.36. The lowest BCUT2D eigenvalue weighted by atomic mass is 9.97. The molecule has 0 aliphatic carbocycles. The summed E-state index contributed by atoms with van der Waals surface area (Å²) in [7, 11) is 0. The fraction of sp³-hybridized carbons (Fsp3) is 0.455. The lowest BCUT2D eigenvalue weighted by molar-refractivity contribution is -0.126. The quantitative estimate of drug-likeness (QED) is 0.708. The number of furan rings is 1. The van der Waals surface area contributed by atoms with Crippen molar-refractivity contribution in [3.05, 3.63) is 60.1 Å². The van der Waals surface area contributed by atoms with Crippen molar-refractivity contribution < 1.29 is 18.7 Å². The number of likely N-dealkylation sites (tertiary alicyclic amines) is 1. The van der Waals surface area contributed by atoms with Gasteiger partial charge in [0.15, 0.2) is 5.76 Å². The van der Waals surface area contributed by atoms with Gasteiger partial charge in [0.2, 0.25) is 5.91 Å². The number of hydrogen-bond acceptors (Lipinski definition) is 4. The lowest BCUT2D eigenvalue weighted by Crippen LogP contribution is -2.45. The molecule has 2 amide bonds. The summed E-state index contributed by atoms with van der Waals surface area (Å²) in [5.41, 5.74) is 1.15. The van der Waals surface area contributed by atoms with Gasteiger partial charge in [-0.2, -0.15) is 0 Å². The summed E-state index contributed by atoms with van der Waals surface area (Å²) < 4.78 is 11.0. The van der Waals surface area contributed by atoms with Gasteiger partial charge in [-0.05, 0) is 43.9 Å². The predicted molar refractivity (Wildman–Crippen MR) is 106 cm³/mol. The van der Waals surface area contributed by atoms with E-state index in [4.69, 9.17) is 9.15 Å². The summed E-state index contributed by atoms with van der Waals surface area (Å²) >= 11 is 0. The molecule has 3 rings (SSSR count). The second-order valence-electron chi connectivity index (χ2n) is 7.14. The Hall–Kier alpha value is -2.60. The van der Waals surface area contributed by atoms with Crippen molar-refractivity contribution in [2.45, 2.75) is 32.3 Å². The Morgan fingerprint density at radius 2 is 2.07 bits per heavy atom. The first-order chi connectivity index (χ1) is 13.6. The molecule has 0 radical (unpaired) electrons. The number of nitrogens with one attached hydrogen (secondary N) is 1. The molecule has 28 heavy (non-hydrogen) atoms. The maximum atomic E-state index is 12.5. The van der Waals surface area contributed by atoms with Crippen LogP contribution < -0.4 is 5.32 Å². The van der Waals surface area contributed by atoms with Crippen LogP contribution in [0, 0.1) is 5.92 Å². The van der Waals surface area contributed by atoms with Crippen molar-refractivity contribution in [2.75, 3.05) is 26.2 Å². The van der Waals surface area contributed by atoms with Crippen LogP contribution in [-0.4, -0.2) is 43.0 Å². The lowest BCUT2D eigenvalue weighted by Gasteiger charge is -2.31. The average Bonchev–Trinajstić information content (AvgIpc) is 3.28. The van der Waals surface area contributed by atoms with Gasteiger partial charge < -0.3 is 19.4 Å². The normalized spacial score (nSPS) is 17.9. The first-order valence-corrected chi connectivity index (χ1v) is 9.92. The topological polar surface area (TPSA) is 71.8 Å². The molecule has 1 fully saturated rings. The summed E-state index contributed by atoms with van der Waals surface area (Å²) in [6.07, 6.45) is 3.90. The molecule has 1 N–H and O–H groups in total. The number of ether oxygens (including phenoxy) is 1. The van der Waals surface area contributed by atoms with Crippen molar-refractivity contribution in [1.82, 2.24) is 10.2 Å². The van der Waals surface area contributed by atoms with E-state index in [-0.39, 0.29) is 23.8 Å². The van der Waals surface area contributed by atoms with E-state index in [9.17, 15) is 9.59 Å². The number of carbonyl (C=O) groups excluding carboxylic acids is 2. The van der Waals surface area contributed by atoms with E-state index in [1.165, 1.54) is 6.26 Å². The van der Waals surface area contributed by atoms with Gasteiger partial charge in [0.1, 0.15) is 0 Å². The molecule has 0 bridgehead atoms. The van der Waals surface area contributed by atoms with Gasteiger partial charge in [-0.1, -0.05) is 30.3 Å². The number of carbonyl (C=O) groups is 2. The van der Waals surface area contributed by atoms with Crippen LogP contribution in [0.15, 0.2) is 53.1 Å². The van der Waals surface area contributed by atoms with E-state index in [0.29, 0.717) is 32.0 Å². The van der Waals surface area contributed by atoms with Crippen molar-refractivity contribution in [3.63, 3.8) is 0 Å².